The Labute approximate surface area is 164 Å². The molecule has 7 heteroatoms. The molecular formula is C21H25N5O2. The molecule has 1 saturated heterocycles. The van der Waals surface area contributed by atoms with Crippen molar-refractivity contribution < 1.29 is 9.53 Å². The van der Waals surface area contributed by atoms with Gasteiger partial charge in [0.1, 0.15) is 11.5 Å². The minimum absolute atomic E-state index is 0.0235. The van der Waals surface area contributed by atoms with Crippen LogP contribution in [0.15, 0.2) is 42.9 Å². The normalized spacial score (nSPS) is 16.4. The third-order valence-corrected chi connectivity index (χ3v) is 4.95. The maximum Gasteiger partial charge on any atom is 0.221 e. The SMILES string of the molecule is Cc1ccc(-c2nc3cnccn3c2NCCC(=O)NC[C@H]2CCCO2)cc1. The van der Waals surface area contributed by atoms with Crippen molar-refractivity contribution in [2.24, 2.45) is 0 Å². The number of aryl methyl sites for hydroxylation is 1. The summed E-state index contributed by atoms with van der Waals surface area (Å²) < 4.78 is 7.50. The lowest BCUT2D eigenvalue weighted by Gasteiger charge is -2.12. The fourth-order valence-electron chi connectivity index (χ4n) is 3.40. The quantitative estimate of drug-likeness (QED) is 0.660. The Morgan fingerprint density at radius 1 is 1.32 bits per heavy atom. The van der Waals surface area contributed by atoms with E-state index in [1.165, 1.54) is 5.56 Å². The summed E-state index contributed by atoms with van der Waals surface area (Å²) in [7, 11) is 0. The Morgan fingerprint density at radius 3 is 2.96 bits per heavy atom. The topological polar surface area (TPSA) is 80.5 Å². The van der Waals surface area contributed by atoms with Gasteiger partial charge in [0.15, 0.2) is 5.65 Å². The zero-order valence-corrected chi connectivity index (χ0v) is 16.0. The van der Waals surface area contributed by atoms with Crippen LogP contribution in [0.25, 0.3) is 16.9 Å². The average Bonchev–Trinajstić information content (AvgIpc) is 3.35. The van der Waals surface area contributed by atoms with Gasteiger partial charge in [-0.2, -0.15) is 0 Å². The smallest absolute Gasteiger partial charge is 0.221 e. The van der Waals surface area contributed by atoms with Crippen molar-refractivity contribution in [1.82, 2.24) is 19.7 Å². The van der Waals surface area contributed by atoms with Crippen molar-refractivity contribution in [3.8, 4) is 11.3 Å². The van der Waals surface area contributed by atoms with E-state index < -0.39 is 0 Å². The van der Waals surface area contributed by atoms with Crippen molar-refractivity contribution in [2.45, 2.75) is 32.3 Å². The highest BCUT2D eigenvalue weighted by atomic mass is 16.5. The summed E-state index contributed by atoms with van der Waals surface area (Å²) >= 11 is 0. The monoisotopic (exact) mass is 379 g/mol. The van der Waals surface area contributed by atoms with Crippen molar-refractivity contribution >= 4 is 17.4 Å². The standard InChI is InChI=1S/C21H25N5O2/c1-15-4-6-16(7-5-15)20-21(26-11-10-22-14-18(26)25-20)23-9-8-19(27)24-13-17-3-2-12-28-17/h4-7,10-11,14,17,23H,2-3,8-9,12-13H2,1H3,(H,24,27)/t17-/m1/s1. The number of imidazole rings is 1. The number of carbonyl (C=O) groups is 1. The van der Waals surface area contributed by atoms with E-state index >= 15 is 0 Å². The molecule has 0 radical (unpaired) electrons. The first kappa shape index (κ1) is 18.4. The van der Waals surface area contributed by atoms with Crippen LogP contribution in [0.4, 0.5) is 5.82 Å². The van der Waals surface area contributed by atoms with Gasteiger partial charge >= 0.3 is 0 Å². The zero-order valence-electron chi connectivity index (χ0n) is 16.0. The Bertz CT molecular complexity index is 945. The lowest BCUT2D eigenvalue weighted by molar-refractivity contribution is -0.121. The van der Waals surface area contributed by atoms with Crippen LogP contribution in [0, 0.1) is 6.92 Å². The molecule has 2 aromatic heterocycles. The number of aromatic nitrogens is 3. The van der Waals surface area contributed by atoms with E-state index in [-0.39, 0.29) is 12.0 Å². The molecule has 0 unspecified atom stereocenters. The number of amides is 1. The first-order chi connectivity index (χ1) is 13.7. The van der Waals surface area contributed by atoms with Crippen molar-refractivity contribution in [2.75, 3.05) is 25.0 Å². The third kappa shape index (κ3) is 4.14. The van der Waals surface area contributed by atoms with E-state index in [0.29, 0.717) is 19.5 Å². The van der Waals surface area contributed by atoms with Gasteiger partial charge in [0.25, 0.3) is 0 Å². The highest BCUT2D eigenvalue weighted by molar-refractivity contribution is 5.78. The molecule has 4 rings (SSSR count). The van der Waals surface area contributed by atoms with E-state index in [4.69, 9.17) is 9.72 Å². The van der Waals surface area contributed by atoms with Crippen LogP contribution in [0.2, 0.25) is 0 Å². The predicted octanol–water partition coefficient (Wildman–Crippen LogP) is 2.80. The molecule has 1 fully saturated rings. The number of nitrogens with zero attached hydrogens (tertiary/aromatic N) is 3. The Morgan fingerprint density at radius 2 is 2.18 bits per heavy atom. The summed E-state index contributed by atoms with van der Waals surface area (Å²) in [5.74, 6) is 0.892. The molecule has 1 atom stereocenters. The number of rotatable bonds is 7. The van der Waals surface area contributed by atoms with Crippen LogP contribution in [-0.4, -0.2) is 46.1 Å². The molecule has 1 aliphatic heterocycles. The summed E-state index contributed by atoms with van der Waals surface area (Å²) in [5.41, 5.74) is 3.85. The first-order valence-corrected chi connectivity index (χ1v) is 9.72. The van der Waals surface area contributed by atoms with Gasteiger partial charge in [-0.3, -0.25) is 14.2 Å². The van der Waals surface area contributed by atoms with Gasteiger partial charge in [0.2, 0.25) is 5.91 Å². The second-order valence-corrected chi connectivity index (χ2v) is 7.10. The molecule has 146 valence electrons. The van der Waals surface area contributed by atoms with Crippen molar-refractivity contribution in [1.29, 1.82) is 0 Å². The Kier molecular flexibility index (Phi) is 5.53. The van der Waals surface area contributed by atoms with E-state index in [2.05, 4.69) is 46.8 Å². The molecule has 28 heavy (non-hydrogen) atoms. The van der Waals surface area contributed by atoms with Gasteiger partial charge in [-0.15, -0.1) is 0 Å². The number of nitrogens with one attached hydrogen (secondary N) is 2. The minimum Gasteiger partial charge on any atom is -0.376 e. The highest BCUT2D eigenvalue weighted by Gasteiger charge is 2.17. The molecule has 3 heterocycles. The summed E-state index contributed by atoms with van der Waals surface area (Å²) in [6, 6.07) is 8.26. The molecular weight excluding hydrogens is 354 g/mol. The van der Waals surface area contributed by atoms with Crippen LogP contribution in [0.1, 0.15) is 24.8 Å². The molecule has 0 aliphatic carbocycles. The Balaban J connectivity index is 1.44. The number of fused-ring (bicyclic) bond motifs is 1. The molecule has 1 aromatic carbocycles. The lowest BCUT2D eigenvalue weighted by Crippen LogP contribution is -2.32. The number of benzene rings is 1. The first-order valence-electron chi connectivity index (χ1n) is 9.72. The van der Waals surface area contributed by atoms with Gasteiger partial charge < -0.3 is 15.4 Å². The molecule has 7 nitrogen and oxygen atoms in total. The average molecular weight is 379 g/mol. The maximum absolute atomic E-state index is 12.1. The molecule has 0 saturated carbocycles. The number of hydrogen-bond donors (Lipinski definition) is 2. The second kappa shape index (κ2) is 8.39. The summed E-state index contributed by atoms with van der Waals surface area (Å²) in [6.07, 6.45) is 7.99. The van der Waals surface area contributed by atoms with E-state index in [0.717, 1.165) is 42.2 Å². The minimum atomic E-state index is 0.0235. The molecule has 2 N–H and O–H groups in total. The van der Waals surface area contributed by atoms with Crippen molar-refractivity contribution in [3.05, 3.63) is 48.4 Å². The second-order valence-electron chi connectivity index (χ2n) is 7.10. The zero-order chi connectivity index (χ0) is 19.3. The van der Waals surface area contributed by atoms with Gasteiger partial charge in [0, 0.05) is 44.1 Å². The van der Waals surface area contributed by atoms with Crippen LogP contribution < -0.4 is 10.6 Å². The van der Waals surface area contributed by atoms with E-state index in [9.17, 15) is 4.79 Å². The fraction of sp³-hybridized carbons (Fsp3) is 0.381. The number of hydrogen-bond acceptors (Lipinski definition) is 5. The summed E-state index contributed by atoms with van der Waals surface area (Å²) in [5, 5.41) is 6.35. The van der Waals surface area contributed by atoms with Gasteiger partial charge in [-0.25, -0.2) is 4.98 Å². The van der Waals surface area contributed by atoms with Crippen molar-refractivity contribution in [3.63, 3.8) is 0 Å². The fourth-order valence-corrected chi connectivity index (χ4v) is 3.40. The van der Waals surface area contributed by atoms with Gasteiger partial charge in [0.05, 0.1) is 12.3 Å². The van der Waals surface area contributed by atoms with Gasteiger partial charge in [-0.1, -0.05) is 29.8 Å². The number of carbonyl (C=O) groups excluding carboxylic acids is 1. The maximum atomic E-state index is 12.1. The van der Waals surface area contributed by atoms with Crippen LogP contribution in [0.5, 0.6) is 0 Å². The van der Waals surface area contributed by atoms with Gasteiger partial charge in [-0.05, 0) is 19.8 Å². The largest absolute Gasteiger partial charge is 0.376 e. The van der Waals surface area contributed by atoms with Crippen LogP contribution in [-0.2, 0) is 9.53 Å². The van der Waals surface area contributed by atoms with Crippen LogP contribution in [0.3, 0.4) is 0 Å². The molecule has 0 spiro atoms. The predicted molar refractivity (Wildman–Crippen MR) is 108 cm³/mol. The molecule has 0 bridgehead atoms. The lowest BCUT2D eigenvalue weighted by atomic mass is 10.1. The van der Waals surface area contributed by atoms with Crippen LogP contribution >= 0.6 is 0 Å². The van der Waals surface area contributed by atoms with E-state index in [1.807, 2.05) is 10.6 Å². The Hall–Kier alpha value is -2.93. The molecule has 1 aliphatic rings. The summed E-state index contributed by atoms with van der Waals surface area (Å²) in [4.78, 5) is 21.0. The molecule has 1 amide bonds. The number of ether oxygens (including phenoxy) is 1. The summed E-state index contributed by atoms with van der Waals surface area (Å²) in [6.45, 7) is 3.97. The highest BCUT2D eigenvalue weighted by Crippen LogP contribution is 2.28. The van der Waals surface area contributed by atoms with E-state index in [1.54, 1.807) is 12.4 Å². The third-order valence-electron chi connectivity index (χ3n) is 4.95. The number of anilines is 1. The molecule has 3 aromatic rings.